The highest BCUT2D eigenvalue weighted by Crippen LogP contribution is 2.29. The second-order valence-electron chi connectivity index (χ2n) is 8.20. The molecular formula is C24H32N8O5. The van der Waals surface area contributed by atoms with Gasteiger partial charge in [0.05, 0.1) is 19.2 Å². The normalized spacial score (nSPS) is 11.1. The molecule has 0 amide bonds. The molecule has 0 aliphatic rings. The molecule has 2 heterocycles. The van der Waals surface area contributed by atoms with Crippen LogP contribution in [0.1, 0.15) is 67.7 Å². The van der Waals surface area contributed by atoms with E-state index in [1.54, 1.807) is 7.11 Å². The third-order valence-electron chi connectivity index (χ3n) is 5.58. The highest BCUT2D eigenvalue weighted by molar-refractivity contribution is 5.68. The number of carboxylic acids is 1. The number of aryl methyl sites for hydroxylation is 1. The average molecular weight is 513 g/mol. The zero-order valence-electron chi connectivity index (χ0n) is 21.2. The average Bonchev–Trinajstić information content (AvgIpc) is 3.37. The number of carboxylic acid groups (broad SMARTS) is 1. The van der Waals surface area contributed by atoms with E-state index in [-0.39, 0.29) is 24.6 Å². The summed E-state index contributed by atoms with van der Waals surface area (Å²) in [6, 6.07) is 5.66. The number of unbranched alkanes of at least 4 members (excludes halogenated alkanes) is 1. The molecule has 0 radical (unpaired) electrons. The first-order chi connectivity index (χ1) is 17.8. The fourth-order valence-corrected chi connectivity index (χ4v) is 3.94. The summed E-state index contributed by atoms with van der Waals surface area (Å²) in [7, 11) is 1.63. The summed E-state index contributed by atoms with van der Waals surface area (Å²) in [6.45, 7) is 4.08. The van der Waals surface area contributed by atoms with Crippen molar-refractivity contribution in [2.24, 2.45) is 0 Å². The largest absolute Gasteiger partial charge is 0.496 e. The van der Waals surface area contributed by atoms with E-state index in [0.717, 1.165) is 47.4 Å². The number of rotatable bonds is 13. The number of aromatic nitrogens is 6. The van der Waals surface area contributed by atoms with Crippen LogP contribution in [0.3, 0.4) is 0 Å². The number of aliphatic carboxylic acids is 1. The summed E-state index contributed by atoms with van der Waals surface area (Å²) in [5.41, 5.74) is 9.64. The summed E-state index contributed by atoms with van der Waals surface area (Å²) < 4.78 is 5.62. The molecular weight excluding hydrogens is 480 g/mol. The number of benzene rings is 1. The van der Waals surface area contributed by atoms with Crippen molar-refractivity contribution in [2.75, 3.05) is 18.2 Å². The summed E-state index contributed by atoms with van der Waals surface area (Å²) in [4.78, 5) is 36.6. The van der Waals surface area contributed by atoms with Gasteiger partial charge in [-0.05, 0) is 30.0 Å². The van der Waals surface area contributed by atoms with Gasteiger partial charge in [-0.25, -0.2) is 4.98 Å². The zero-order valence-corrected chi connectivity index (χ0v) is 21.2. The van der Waals surface area contributed by atoms with Crippen molar-refractivity contribution < 1.29 is 24.2 Å². The summed E-state index contributed by atoms with van der Waals surface area (Å²) in [6.07, 6.45) is 4.51. The van der Waals surface area contributed by atoms with Crippen molar-refractivity contribution in [3.63, 3.8) is 0 Å². The minimum absolute atomic E-state index is 0.00564. The predicted octanol–water partition coefficient (Wildman–Crippen LogP) is 2.19. The highest BCUT2D eigenvalue weighted by atomic mass is 16.5. The third-order valence-corrected chi connectivity index (χ3v) is 5.58. The van der Waals surface area contributed by atoms with Gasteiger partial charge in [-0.1, -0.05) is 44.0 Å². The smallest absolute Gasteiger partial charge is 0.373 e. The quantitative estimate of drug-likeness (QED) is 0.260. The Labute approximate surface area is 214 Å². The van der Waals surface area contributed by atoms with Crippen LogP contribution in [0.2, 0.25) is 0 Å². The van der Waals surface area contributed by atoms with Crippen LogP contribution in [0.15, 0.2) is 18.2 Å². The molecule has 2 aromatic heterocycles. The molecule has 1 aromatic carbocycles. The van der Waals surface area contributed by atoms with Gasteiger partial charge in [0.25, 0.3) is 0 Å². The predicted molar refractivity (Wildman–Crippen MR) is 133 cm³/mol. The van der Waals surface area contributed by atoms with E-state index in [1.807, 2.05) is 25.1 Å². The van der Waals surface area contributed by atoms with Crippen molar-refractivity contribution in [1.29, 1.82) is 0 Å². The molecule has 37 heavy (non-hydrogen) atoms. The lowest BCUT2D eigenvalue weighted by atomic mass is 9.98. The van der Waals surface area contributed by atoms with E-state index in [9.17, 15) is 9.90 Å². The molecule has 0 bridgehead atoms. The molecule has 0 aliphatic heterocycles. The van der Waals surface area contributed by atoms with Crippen LogP contribution >= 0.6 is 0 Å². The van der Waals surface area contributed by atoms with Gasteiger partial charge in [0.2, 0.25) is 5.95 Å². The van der Waals surface area contributed by atoms with Crippen molar-refractivity contribution in [1.82, 2.24) is 30.6 Å². The molecule has 0 aliphatic carbocycles. The van der Waals surface area contributed by atoms with Crippen LogP contribution in [-0.4, -0.2) is 61.0 Å². The number of nitrogens with two attached hydrogens (primary N) is 1. The van der Waals surface area contributed by atoms with E-state index in [1.165, 1.54) is 0 Å². The first kappa shape index (κ1) is 28.9. The summed E-state index contributed by atoms with van der Waals surface area (Å²) >= 11 is 0. The molecule has 13 heteroatoms. The molecule has 0 unspecified atom stereocenters. The number of carbonyl (C=O) groups is 1. The van der Waals surface area contributed by atoms with Gasteiger partial charge in [-0.2, -0.15) is 19.8 Å². The second-order valence-corrected chi connectivity index (χ2v) is 8.20. The number of nitrogens with zero attached hydrogens (tertiary/aromatic N) is 5. The molecule has 5 N–H and O–H groups in total. The first-order valence-electron chi connectivity index (χ1n) is 11.9. The lowest BCUT2D eigenvalue weighted by Crippen LogP contribution is -2.25. The third kappa shape index (κ3) is 8.97. The Kier molecular flexibility index (Phi) is 11.6. The lowest BCUT2D eigenvalue weighted by Gasteiger charge is -2.22. The number of anilines is 2. The van der Waals surface area contributed by atoms with Crippen LogP contribution in [0, 0.1) is 0 Å². The van der Waals surface area contributed by atoms with Crippen molar-refractivity contribution in [3.8, 4) is 5.75 Å². The van der Waals surface area contributed by atoms with Crippen LogP contribution in [-0.2, 0) is 33.6 Å². The number of hydrogen-bond acceptors (Lipinski definition) is 11. The monoisotopic (exact) mass is 512 g/mol. The number of ether oxygens (including phenoxy) is 1. The minimum atomic E-state index is -0.858. The maximum atomic E-state index is 11.4. The van der Waals surface area contributed by atoms with Gasteiger partial charge >= 0.3 is 12.1 Å². The van der Waals surface area contributed by atoms with E-state index >= 15 is 0 Å². The second kappa shape index (κ2) is 14.9. The zero-order chi connectivity index (χ0) is 27.2. The Morgan fingerprint density at radius 1 is 1.24 bits per heavy atom. The van der Waals surface area contributed by atoms with Gasteiger partial charge in [-0.3, -0.25) is 4.79 Å². The molecule has 3 aromatic rings. The van der Waals surface area contributed by atoms with E-state index in [4.69, 9.17) is 20.1 Å². The fraction of sp³-hybridized carbons (Fsp3) is 0.458. The number of nitrogen functional groups attached to an aromatic ring is 1. The molecule has 3 rings (SSSR count). The van der Waals surface area contributed by atoms with Crippen LogP contribution in [0.4, 0.5) is 11.8 Å². The fourth-order valence-electron chi connectivity index (χ4n) is 3.94. The Morgan fingerprint density at radius 2 is 2.00 bits per heavy atom. The van der Waals surface area contributed by atoms with Crippen molar-refractivity contribution in [3.05, 3.63) is 46.4 Å². The van der Waals surface area contributed by atoms with Gasteiger partial charge in [0.15, 0.2) is 5.82 Å². The van der Waals surface area contributed by atoms with E-state index < -0.39 is 5.97 Å². The van der Waals surface area contributed by atoms with Gasteiger partial charge in [0.1, 0.15) is 11.6 Å². The van der Waals surface area contributed by atoms with E-state index in [2.05, 4.69) is 42.8 Å². The standard InChI is InChI=1S/C23H32N8O3.CO2/c1-4-6-7-16(13-21(32)33)25-22-17(18(5-2)26-23(24)27-22)12-15-10-14(8-9-19(15)34-3)11-20-28-30-31-29-20;2-1-3/h8-10,16H,4-7,11-13H2,1-3H3,(H,32,33)(H3,24,25,26,27)(H,28,29,30,31);/t16-;/m0./s1. The molecule has 0 fully saturated rings. The number of tetrazole rings is 1. The van der Waals surface area contributed by atoms with Gasteiger partial charge in [0, 0.05) is 24.4 Å². The van der Waals surface area contributed by atoms with Crippen molar-refractivity contribution in [2.45, 2.75) is 64.8 Å². The van der Waals surface area contributed by atoms with Crippen molar-refractivity contribution >= 4 is 23.9 Å². The lowest BCUT2D eigenvalue weighted by molar-refractivity contribution is -0.191. The molecule has 1 atom stereocenters. The van der Waals surface area contributed by atoms with Crippen LogP contribution in [0.25, 0.3) is 0 Å². The van der Waals surface area contributed by atoms with E-state index in [0.29, 0.717) is 30.9 Å². The molecule has 198 valence electrons. The highest BCUT2D eigenvalue weighted by Gasteiger charge is 2.20. The Bertz CT molecular complexity index is 1180. The van der Waals surface area contributed by atoms with Gasteiger partial charge in [-0.15, -0.1) is 10.2 Å². The minimum Gasteiger partial charge on any atom is -0.496 e. The molecule has 0 saturated carbocycles. The summed E-state index contributed by atoms with van der Waals surface area (Å²) in [5, 5.41) is 26.9. The maximum absolute atomic E-state index is 11.4. The Hall–Kier alpha value is -4.38. The van der Waals surface area contributed by atoms with Crippen LogP contribution in [0.5, 0.6) is 5.75 Å². The van der Waals surface area contributed by atoms with Crippen LogP contribution < -0.4 is 15.8 Å². The Morgan fingerprint density at radius 3 is 2.59 bits per heavy atom. The number of hydrogen-bond donors (Lipinski definition) is 4. The number of aromatic amines is 1. The molecule has 0 spiro atoms. The van der Waals surface area contributed by atoms with Gasteiger partial charge < -0.3 is 20.9 Å². The molecule has 13 nitrogen and oxygen atoms in total. The molecule has 0 saturated heterocycles. The topological polar surface area (TPSA) is 199 Å². The number of nitrogens with one attached hydrogen (secondary N) is 2. The number of carbonyl (C=O) groups excluding carboxylic acids is 2. The number of H-pyrrole nitrogens is 1. The Balaban J connectivity index is 0.00000153. The first-order valence-corrected chi connectivity index (χ1v) is 11.9. The number of methoxy groups -OCH3 is 1. The maximum Gasteiger partial charge on any atom is 0.373 e. The SMILES string of the molecule is CCCC[C@@H](CC(=O)O)Nc1nc(N)nc(CC)c1Cc1cc(Cc2nn[nH]n2)ccc1OC.O=C=O. The summed E-state index contributed by atoms with van der Waals surface area (Å²) in [5.74, 6) is 1.19.